The van der Waals surface area contributed by atoms with Crippen LogP contribution in [0.25, 0.3) is 0 Å². The Morgan fingerprint density at radius 2 is 0.750 bits per heavy atom. The molecule has 4 heteroatoms. The van der Waals surface area contributed by atoms with Crippen LogP contribution < -0.4 is 9.41 Å². The van der Waals surface area contributed by atoms with Gasteiger partial charge in [0.2, 0.25) is 0 Å². The van der Waals surface area contributed by atoms with Gasteiger partial charge in [-0.25, -0.2) is 9.15 Å². The normalized spacial score (nSPS) is 5.83. The molecular weight excluding hydrogens is 162 g/mol. The molecule has 0 N–H and O–H groups in total. The smallest absolute Gasteiger partial charge is 0.136 e. The molecule has 0 heterocycles. The van der Waals surface area contributed by atoms with Crippen molar-refractivity contribution in [3.05, 3.63) is 0 Å². The monoisotopic (exact) mass is 182 g/mol. The first-order valence-corrected chi connectivity index (χ1v) is 3.46. The molecule has 0 bridgehead atoms. The summed E-state index contributed by atoms with van der Waals surface area (Å²) in [5.41, 5.74) is 0. The van der Waals surface area contributed by atoms with Crippen LogP contribution in [0.5, 0.6) is 0 Å². The molecule has 2 nitrogen and oxygen atoms in total. The van der Waals surface area contributed by atoms with Gasteiger partial charge in [0.1, 0.15) is 40.6 Å². The summed E-state index contributed by atoms with van der Waals surface area (Å²) in [5, 5.41) is 0. The van der Waals surface area contributed by atoms with Crippen LogP contribution in [0.1, 0.15) is 13.8 Å². The average molecular weight is 182 g/mol. The summed E-state index contributed by atoms with van der Waals surface area (Å²) in [5.74, 6) is 0. The third kappa shape index (κ3) is 60.4. The van der Waals surface area contributed by atoms with E-state index in [9.17, 15) is 0 Å². The van der Waals surface area contributed by atoms with Gasteiger partial charge in [0.05, 0.1) is 0 Å². The third-order valence-corrected chi connectivity index (χ3v) is 1.03. The average Bonchev–Trinajstić information content (AvgIpc) is 1.89. The number of rotatable bonds is 0. The molecule has 0 aromatic heterocycles. The molecule has 0 fully saturated rings. The topological polar surface area (TPSA) is 6.02 Å². The lowest BCUT2D eigenvalue weighted by molar-refractivity contribution is -0.459. The molecule has 0 radical (unpaired) electrons. The van der Waals surface area contributed by atoms with Gasteiger partial charge in [-0.05, 0) is 0 Å². The summed E-state index contributed by atoms with van der Waals surface area (Å²) < 4.78 is 4.00. The van der Waals surface area contributed by atoms with Gasteiger partial charge in [0, 0.05) is 13.8 Å². The van der Waals surface area contributed by atoms with Crippen molar-refractivity contribution >= 4 is 12.4 Å². The minimum absolute atomic E-state index is 0. The van der Waals surface area contributed by atoms with E-state index in [-0.39, 0.29) is 9.41 Å². The SMILES string of the molecule is CC=[N+](C)C.CC=[N+](C)C.[F-].[F-]. The second-order valence-corrected chi connectivity index (χ2v) is 2.44. The van der Waals surface area contributed by atoms with Crippen molar-refractivity contribution in [1.29, 1.82) is 0 Å². The minimum atomic E-state index is 0. The van der Waals surface area contributed by atoms with Crippen molar-refractivity contribution in [3.63, 3.8) is 0 Å². The summed E-state index contributed by atoms with van der Waals surface area (Å²) in [7, 11) is 8.00. The van der Waals surface area contributed by atoms with Gasteiger partial charge < -0.3 is 9.41 Å². The van der Waals surface area contributed by atoms with Crippen molar-refractivity contribution in [1.82, 2.24) is 0 Å². The molecule has 0 aliphatic rings. The van der Waals surface area contributed by atoms with Crippen molar-refractivity contribution in [2.75, 3.05) is 28.2 Å². The first-order chi connectivity index (χ1) is 4.54. The van der Waals surface area contributed by atoms with E-state index in [0.29, 0.717) is 0 Å². The van der Waals surface area contributed by atoms with Crippen LogP contribution in [0.4, 0.5) is 0 Å². The Hall–Kier alpha value is -0.800. The Kier molecular flexibility index (Phi) is 31.2. The van der Waals surface area contributed by atoms with Crippen LogP contribution in [-0.4, -0.2) is 49.8 Å². The van der Waals surface area contributed by atoms with Gasteiger partial charge >= 0.3 is 0 Å². The fourth-order valence-electron chi connectivity index (χ4n) is 0. The molecule has 12 heavy (non-hydrogen) atoms. The zero-order chi connectivity index (χ0) is 8.57. The Balaban J connectivity index is -0.0000000457. The lowest BCUT2D eigenvalue weighted by atomic mass is 10.8. The van der Waals surface area contributed by atoms with Crippen LogP contribution in [0.15, 0.2) is 0 Å². The molecule has 0 saturated heterocycles. The highest BCUT2D eigenvalue weighted by atomic mass is 19.0. The summed E-state index contributed by atoms with van der Waals surface area (Å²) in [6.07, 6.45) is 4.00. The predicted octanol–water partition coefficient (Wildman–Crippen LogP) is -5.29. The second-order valence-electron chi connectivity index (χ2n) is 2.44. The summed E-state index contributed by atoms with van der Waals surface area (Å²) in [6.45, 7) is 4.00. The Morgan fingerprint density at radius 1 is 0.667 bits per heavy atom. The zero-order valence-corrected chi connectivity index (χ0v) is 8.81. The van der Waals surface area contributed by atoms with E-state index < -0.39 is 0 Å². The Labute approximate surface area is 74.0 Å². The fourth-order valence-corrected chi connectivity index (χ4v) is 0. The van der Waals surface area contributed by atoms with Crippen molar-refractivity contribution in [2.24, 2.45) is 0 Å². The number of nitrogens with zero attached hydrogens (tertiary/aromatic N) is 2. The highest BCUT2D eigenvalue weighted by Gasteiger charge is 1.65. The van der Waals surface area contributed by atoms with Crippen molar-refractivity contribution < 1.29 is 18.6 Å². The van der Waals surface area contributed by atoms with Crippen LogP contribution in [0.3, 0.4) is 0 Å². The van der Waals surface area contributed by atoms with E-state index in [2.05, 4.69) is 0 Å². The maximum Gasteiger partial charge on any atom is 0.136 e. The summed E-state index contributed by atoms with van der Waals surface area (Å²) in [4.78, 5) is 0. The maximum atomic E-state index is 2.00. The number of hydrogen-bond acceptors (Lipinski definition) is 0. The van der Waals surface area contributed by atoms with E-state index in [1.54, 1.807) is 0 Å². The van der Waals surface area contributed by atoms with E-state index in [0.717, 1.165) is 0 Å². The van der Waals surface area contributed by atoms with E-state index in [1.165, 1.54) is 0 Å². The van der Waals surface area contributed by atoms with E-state index in [1.807, 2.05) is 63.6 Å². The first-order valence-electron chi connectivity index (χ1n) is 3.46. The predicted molar refractivity (Wildman–Crippen MR) is 47.7 cm³/mol. The lowest BCUT2D eigenvalue weighted by Crippen LogP contribution is -3.00. The quantitative estimate of drug-likeness (QED) is 0.261. The minimum Gasteiger partial charge on any atom is -1.00 e. The van der Waals surface area contributed by atoms with Crippen LogP contribution in [-0.2, 0) is 0 Å². The standard InChI is InChI=1S/2C4H10N.2FH/c2*1-4-5(2)3;;/h2*4H,1-3H3;2*1H/q2*+1;;/p-2. The van der Waals surface area contributed by atoms with Gasteiger partial charge in [-0.15, -0.1) is 0 Å². The molecule has 0 saturated carbocycles. The molecule has 0 aliphatic carbocycles. The molecule has 0 aliphatic heterocycles. The van der Waals surface area contributed by atoms with Gasteiger partial charge in [0.25, 0.3) is 0 Å². The molecule has 76 valence electrons. The zero-order valence-electron chi connectivity index (χ0n) is 8.81. The van der Waals surface area contributed by atoms with Crippen LogP contribution >= 0.6 is 0 Å². The summed E-state index contributed by atoms with van der Waals surface area (Å²) >= 11 is 0. The van der Waals surface area contributed by atoms with Crippen LogP contribution in [0.2, 0.25) is 0 Å². The fraction of sp³-hybridized carbons (Fsp3) is 0.750. The molecule has 0 atom stereocenters. The molecule has 0 spiro atoms. The largest absolute Gasteiger partial charge is 1.00 e. The number of halogens is 2. The van der Waals surface area contributed by atoms with E-state index in [4.69, 9.17) is 0 Å². The molecule has 0 amide bonds. The Morgan fingerprint density at radius 3 is 0.750 bits per heavy atom. The third-order valence-electron chi connectivity index (χ3n) is 1.03. The number of hydrogen-bond donors (Lipinski definition) is 0. The van der Waals surface area contributed by atoms with Crippen LogP contribution in [0, 0.1) is 0 Å². The van der Waals surface area contributed by atoms with E-state index >= 15 is 0 Å². The highest BCUT2D eigenvalue weighted by Crippen LogP contribution is 1.43. The Bertz CT molecular complexity index is 107. The lowest BCUT2D eigenvalue weighted by Gasteiger charge is -1.72. The molecule has 0 aromatic rings. The van der Waals surface area contributed by atoms with Gasteiger partial charge in [0.15, 0.2) is 0 Å². The molecule has 0 unspecified atom stereocenters. The maximum absolute atomic E-state index is 2.00. The summed E-state index contributed by atoms with van der Waals surface area (Å²) in [6, 6.07) is 0. The van der Waals surface area contributed by atoms with Gasteiger partial charge in [-0.3, -0.25) is 0 Å². The molecule has 0 rings (SSSR count). The molecular formula is C8H20F2N2. The second kappa shape index (κ2) is 16.7. The van der Waals surface area contributed by atoms with Gasteiger partial charge in [-0.2, -0.15) is 0 Å². The highest BCUT2D eigenvalue weighted by molar-refractivity contribution is 5.46. The van der Waals surface area contributed by atoms with Crippen molar-refractivity contribution in [2.45, 2.75) is 13.8 Å². The van der Waals surface area contributed by atoms with Gasteiger partial charge in [-0.1, -0.05) is 0 Å². The molecule has 0 aromatic carbocycles. The first kappa shape index (κ1) is 22.5. The van der Waals surface area contributed by atoms with Crippen molar-refractivity contribution in [3.8, 4) is 0 Å².